The lowest BCUT2D eigenvalue weighted by molar-refractivity contribution is 1.03. The standard InChI is InChI=1S/C11H10ClN3S/c12-8-2-3-10(9(13)6-8)16-7-11-14-4-1-5-15-11/h1-6H,7,13H2. The summed E-state index contributed by atoms with van der Waals surface area (Å²) in [5.41, 5.74) is 6.53. The van der Waals surface area contributed by atoms with Gasteiger partial charge in [0, 0.05) is 28.0 Å². The first-order chi connectivity index (χ1) is 7.75. The maximum Gasteiger partial charge on any atom is 0.138 e. The number of hydrogen-bond donors (Lipinski definition) is 1. The van der Waals surface area contributed by atoms with E-state index in [2.05, 4.69) is 9.97 Å². The lowest BCUT2D eigenvalue weighted by atomic mass is 10.3. The van der Waals surface area contributed by atoms with Crippen molar-refractivity contribution >= 4 is 29.1 Å². The van der Waals surface area contributed by atoms with Crippen molar-refractivity contribution in [2.75, 3.05) is 5.73 Å². The minimum Gasteiger partial charge on any atom is -0.398 e. The average Bonchev–Trinajstić information content (AvgIpc) is 2.29. The molecular weight excluding hydrogens is 242 g/mol. The summed E-state index contributed by atoms with van der Waals surface area (Å²) >= 11 is 7.42. The van der Waals surface area contributed by atoms with Gasteiger partial charge in [-0.2, -0.15) is 0 Å². The number of thioether (sulfide) groups is 1. The topological polar surface area (TPSA) is 51.8 Å². The minimum absolute atomic E-state index is 0.651. The normalized spacial score (nSPS) is 10.3. The van der Waals surface area contributed by atoms with Crippen LogP contribution in [0.15, 0.2) is 41.6 Å². The number of aromatic nitrogens is 2. The van der Waals surface area contributed by atoms with Gasteiger partial charge in [0.15, 0.2) is 0 Å². The fourth-order valence-corrected chi connectivity index (χ4v) is 2.20. The molecule has 1 aromatic heterocycles. The summed E-state index contributed by atoms with van der Waals surface area (Å²) in [6, 6.07) is 7.28. The molecule has 2 N–H and O–H groups in total. The highest BCUT2D eigenvalue weighted by molar-refractivity contribution is 7.98. The highest BCUT2D eigenvalue weighted by Crippen LogP contribution is 2.29. The zero-order valence-corrected chi connectivity index (χ0v) is 10.0. The Hall–Kier alpha value is -1.26. The van der Waals surface area contributed by atoms with Crippen LogP contribution >= 0.6 is 23.4 Å². The van der Waals surface area contributed by atoms with E-state index in [1.54, 1.807) is 36.3 Å². The molecular formula is C11H10ClN3S. The lowest BCUT2D eigenvalue weighted by Crippen LogP contribution is -1.92. The van der Waals surface area contributed by atoms with Crippen molar-refractivity contribution in [2.24, 2.45) is 0 Å². The summed E-state index contributed by atoms with van der Waals surface area (Å²) in [6.07, 6.45) is 3.46. The predicted molar refractivity (Wildman–Crippen MR) is 67.5 cm³/mol. The third-order valence-corrected chi connectivity index (χ3v) is 3.27. The van der Waals surface area contributed by atoms with E-state index < -0.39 is 0 Å². The van der Waals surface area contributed by atoms with Crippen LogP contribution in [0.1, 0.15) is 5.82 Å². The van der Waals surface area contributed by atoms with Gasteiger partial charge < -0.3 is 5.73 Å². The number of nitrogens with zero attached hydrogens (tertiary/aromatic N) is 2. The van der Waals surface area contributed by atoms with E-state index in [4.69, 9.17) is 17.3 Å². The predicted octanol–water partition coefficient (Wildman–Crippen LogP) is 3.00. The van der Waals surface area contributed by atoms with Gasteiger partial charge in [0.25, 0.3) is 0 Å². The smallest absolute Gasteiger partial charge is 0.138 e. The van der Waals surface area contributed by atoms with Gasteiger partial charge >= 0.3 is 0 Å². The van der Waals surface area contributed by atoms with Crippen LogP contribution in [-0.2, 0) is 5.75 Å². The molecule has 0 radical (unpaired) electrons. The average molecular weight is 252 g/mol. The van der Waals surface area contributed by atoms with E-state index in [9.17, 15) is 0 Å². The highest BCUT2D eigenvalue weighted by Gasteiger charge is 2.02. The molecule has 0 spiro atoms. The second kappa shape index (κ2) is 5.18. The quantitative estimate of drug-likeness (QED) is 0.673. The molecule has 82 valence electrons. The molecule has 0 aliphatic rings. The van der Waals surface area contributed by atoms with Crippen LogP contribution in [0.4, 0.5) is 5.69 Å². The molecule has 0 unspecified atom stereocenters. The van der Waals surface area contributed by atoms with Crippen LogP contribution in [0.25, 0.3) is 0 Å². The van der Waals surface area contributed by atoms with Gasteiger partial charge in [-0.1, -0.05) is 11.6 Å². The van der Waals surface area contributed by atoms with Gasteiger partial charge in [-0.25, -0.2) is 9.97 Å². The maximum atomic E-state index is 5.84. The van der Waals surface area contributed by atoms with Crippen molar-refractivity contribution in [1.29, 1.82) is 0 Å². The Labute approximate surface area is 103 Å². The summed E-state index contributed by atoms with van der Waals surface area (Å²) in [4.78, 5) is 9.28. The lowest BCUT2D eigenvalue weighted by Gasteiger charge is -2.04. The number of halogens is 1. The largest absolute Gasteiger partial charge is 0.398 e. The number of benzene rings is 1. The van der Waals surface area contributed by atoms with E-state index in [0.29, 0.717) is 16.5 Å². The van der Waals surface area contributed by atoms with E-state index >= 15 is 0 Å². The summed E-state index contributed by atoms with van der Waals surface area (Å²) in [7, 11) is 0. The monoisotopic (exact) mass is 251 g/mol. The first kappa shape index (κ1) is 11.2. The van der Waals surface area contributed by atoms with Gasteiger partial charge in [0.2, 0.25) is 0 Å². The molecule has 0 aliphatic carbocycles. The Morgan fingerprint density at radius 2 is 2.00 bits per heavy atom. The van der Waals surface area contributed by atoms with E-state index in [-0.39, 0.29) is 0 Å². The van der Waals surface area contributed by atoms with E-state index in [0.717, 1.165) is 10.7 Å². The Kier molecular flexibility index (Phi) is 3.64. The van der Waals surface area contributed by atoms with E-state index in [1.165, 1.54) is 0 Å². The third-order valence-electron chi connectivity index (χ3n) is 1.95. The minimum atomic E-state index is 0.651. The maximum absolute atomic E-state index is 5.84. The molecule has 0 saturated heterocycles. The van der Waals surface area contributed by atoms with Crippen molar-refractivity contribution in [3.63, 3.8) is 0 Å². The second-order valence-corrected chi connectivity index (χ2v) is 4.59. The Balaban J connectivity index is 2.05. The fraction of sp³-hybridized carbons (Fsp3) is 0.0909. The van der Waals surface area contributed by atoms with Crippen molar-refractivity contribution in [2.45, 2.75) is 10.6 Å². The van der Waals surface area contributed by atoms with Crippen LogP contribution in [0, 0.1) is 0 Å². The summed E-state index contributed by atoms with van der Waals surface area (Å²) < 4.78 is 0. The molecule has 5 heteroatoms. The van der Waals surface area contributed by atoms with Crippen molar-refractivity contribution < 1.29 is 0 Å². The van der Waals surface area contributed by atoms with Crippen LogP contribution in [0.2, 0.25) is 5.02 Å². The molecule has 1 heterocycles. The number of rotatable bonds is 3. The Bertz CT molecular complexity index is 476. The summed E-state index contributed by atoms with van der Waals surface area (Å²) in [6.45, 7) is 0. The molecule has 3 nitrogen and oxygen atoms in total. The fourth-order valence-electron chi connectivity index (χ4n) is 1.20. The first-order valence-electron chi connectivity index (χ1n) is 4.69. The molecule has 0 atom stereocenters. The molecule has 1 aromatic carbocycles. The SMILES string of the molecule is Nc1cc(Cl)ccc1SCc1ncccn1. The van der Waals surface area contributed by atoms with E-state index in [1.807, 2.05) is 12.1 Å². The van der Waals surface area contributed by atoms with Gasteiger partial charge in [-0.15, -0.1) is 11.8 Å². The van der Waals surface area contributed by atoms with Crippen molar-refractivity contribution in [3.8, 4) is 0 Å². The van der Waals surface area contributed by atoms with Crippen molar-refractivity contribution in [3.05, 3.63) is 47.5 Å². The van der Waals surface area contributed by atoms with Gasteiger partial charge in [0.05, 0.1) is 5.75 Å². The zero-order chi connectivity index (χ0) is 11.4. The first-order valence-corrected chi connectivity index (χ1v) is 6.06. The van der Waals surface area contributed by atoms with Gasteiger partial charge in [0.1, 0.15) is 5.82 Å². The second-order valence-electron chi connectivity index (χ2n) is 3.14. The molecule has 0 aliphatic heterocycles. The van der Waals surface area contributed by atoms with Crippen LogP contribution in [-0.4, -0.2) is 9.97 Å². The third kappa shape index (κ3) is 2.87. The number of hydrogen-bond acceptors (Lipinski definition) is 4. The summed E-state index contributed by atoms with van der Waals surface area (Å²) in [5.74, 6) is 1.49. The number of nitrogens with two attached hydrogens (primary N) is 1. The van der Waals surface area contributed by atoms with Gasteiger partial charge in [-0.05, 0) is 24.3 Å². The molecule has 2 rings (SSSR count). The van der Waals surface area contributed by atoms with Crippen LogP contribution in [0.5, 0.6) is 0 Å². The van der Waals surface area contributed by atoms with Gasteiger partial charge in [-0.3, -0.25) is 0 Å². The van der Waals surface area contributed by atoms with Crippen LogP contribution in [0.3, 0.4) is 0 Å². The number of nitrogen functional groups attached to an aromatic ring is 1. The van der Waals surface area contributed by atoms with Crippen molar-refractivity contribution in [1.82, 2.24) is 9.97 Å². The van der Waals surface area contributed by atoms with Crippen LogP contribution < -0.4 is 5.73 Å². The Morgan fingerprint density at radius 3 is 2.69 bits per heavy atom. The molecule has 0 amide bonds. The Morgan fingerprint density at radius 1 is 1.25 bits per heavy atom. The molecule has 2 aromatic rings. The zero-order valence-electron chi connectivity index (χ0n) is 8.43. The highest BCUT2D eigenvalue weighted by atomic mass is 35.5. The number of anilines is 1. The molecule has 0 fully saturated rings. The summed E-state index contributed by atoms with van der Waals surface area (Å²) in [5, 5.41) is 0.651. The molecule has 16 heavy (non-hydrogen) atoms. The molecule has 0 bridgehead atoms. The molecule has 0 saturated carbocycles.